The highest BCUT2D eigenvalue weighted by Crippen LogP contribution is 2.52. The fourth-order valence-electron chi connectivity index (χ4n) is 2.80. The molecule has 0 aliphatic heterocycles. The first-order valence-corrected chi connectivity index (χ1v) is 10.3. The molecule has 1 unspecified atom stereocenters. The highest BCUT2D eigenvalue weighted by Gasteiger charge is 2.47. The Hall–Kier alpha value is -2.61. The molecule has 0 heterocycles. The van der Waals surface area contributed by atoms with Crippen LogP contribution in [-0.2, 0) is 26.4 Å². The number of esters is 1. The van der Waals surface area contributed by atoms with Crippen molar-refractivity contribution in [1.82, 2.24) is 0 Å². The second-order valence-corrected chi connectivity index (χ2v) is 9.00. The molecule has 0 N–H and O–H groups in total. The number of alkyl halides is 6. The first kappa shape index (κ1) is 23.7. The smallest absolute Gasteiger partial charge is 0.417 e. The molecule has 2 rings (SSSR count). The molecule has 1 atom stereocenters. The fraction of sp³-hybridized carbons (Fsp3) is 0.263. The highest BCUT2D eigenvalue weighted by atomic mass is 31.2. The van der Waals surface area contributed by atoms with Crippen LogP contribution in [0.15, 0.2) is 48.5 Å². The Labute approximate surface area is 167 Å². The predicted octanol–water partition coefficient (Wildman–Crippen LogP) is 5.12. The van der Waals surface area contributed by atoms with Crippen molar-refractivity contribution in [2.75, 3.05) is 13.3 Å². The minimum Gasteiger partial charge on any atom is -0.469 e. The van der Waals surface area contributed by atoms with E-state index in [4.69, 9.17) is 0 Å². The summed E-state index contributed by atoms with van der Waals surface area (Å²) in [5, 5.41) is -0.260. The molecule has 4 nitrogen and oxygen atoms in total. The maximum absolute atomic E-state index is 13.6. The number of rotatable bonds is 6. The molecular weight excluding hydrogens is 437 g/mol. The van der Waals surface area contributed by atoms with Crippen LogP contribution in [0.4, 0.5) is 26.3 Å². The van der Waals surface area contributed by atoms with Crippen LogP contribution in [0.5, 0.6) is 0 Å². The lowest BCUT2D eigenvalue weighted by Crippen LogP contribution is -2.24. The van der Waals surface area contributed by atoms with Crippen molar-refractivity contribution < 1.29 is 45.2 Å². The molecule has 0 fully saturated rings. The molecule has 0 amide bonds. The van der Waals surface area contributed by atoms with E-state index in [1.54, 1.807) is 0 Å². The van der Waals surface area contributed by atoms with Gasteiger partial charge in [0.25, 0.3) is 0 Å². The van der Waals surface area contributed by atoms with Gasteiger partial charge in [-0.2, -0.15) is 26.3 Å². The van der Waals surface area contributed by atoms with Gasteiger partial charge in [-0.1, -0.05) is 36.4 Å². The van der Waals surface area contributed by atoms with E-state index >= 15 is 0 Å². The fourth-order valence-corrected chi connectivity index (χ4v) is 5.25. The van der Waals surface area contributed by atoms with Crippen molar-refractivity contribution in [3.05, 3.63) is 65.2 Å². The average molecular weight is 452 g/mol. The summed E-state index contributed by atoms with van der Waals surface area (Å²) < 4.78 is 98.7. The van der Waals surface area contributed by atoms with Crippen molar-refractivity contribution in [3.63, 3.8) is 0 Å². The van der Waals surface area contributed by atoms with Gasteiger partial charge in [0.15, 0.2) is 7.14 Å². The van der Waals surface area contributed by atoms with Crippen LogP contribution in [0.1, 0.15) is 27.9 Å². The van der Waals surface area contributed by atoms with Crippen molar-refractivity contribution in [2.24, 2.45) is 0 Å². The third-order valence-corrected chi connectivity index (χ3v) is 7.11. The molecule has 30 heavy (non-hydrogen) atoms. The molecule has 11 heteroatoms. The van der Waals surface area contributed by atoms with Gasteiger partial charge in [-0.05, 0) is 12.1 Å². The Balaban J connectivity index is 2.78. The van der Waals surface area contributed by atoms with Crippen LogP contribution in [0, 0.1) is 0 Å². The Kier molecular flexibility index (Phi) is 6.81. The summed E-state index contributed by atoms with van der Waals surface area (Å²) >= 11 is 0. The van der Waals surface area contributed by atoms with E-state index in [0.717, 1.165) is 19.2 Å². The van der Waals surface area contributed by atoms with Gasteiger partial charge in [0, 0.05) is 11.5 Å². The molecule has 2 aromatic carbocycles. The number of hydrogen-bond donors (Lipinski definition) is 0. The van der Waals surface area contributed by atoms with E-state index < -0.39 is 60.3 Å². The van der Waals surface area contributed by atoms with E-state index in [2.05, 4.69) is 4.74 Å². The average Bonchev–Trinajstić information content (AvgIpc) is 2.69. The van der Waals surface area contributed by atoms with E-state index in [1.807, 2.05) is 0 Å². The van der Waals surface area contributed by atoms with Crippen LogP contribution in [0.25, 0.3) is 0 Å². The Morgan fingerprint density at radius 3 is 1.80 bits per heavy atom. The minimum atomic E-state index is -5.31. The summed E-state index contributed by atoms with van der Waals surface area (Å²) in [6.45, 7) is 0. The normalized spacial score (nSPS) is 14.1. The summed E-state index contributed by atoms with van der Waals surface area (Å²) in [7, 11) is -3.59. The molecule has 162 valence electrons. The number of methoxy groups -OCH3 is 1. The van der Waals surface area contributed by atoms with Crippen LogP contribution < -0.4 is 5.30 Å². The number of carbonyl (C=O) groups is 2. The zero-order valence-corrected chi connectivity index (χ0v) is 16.3. The van der Waals surface area contributed by atoms with Gasteiger partial charge in [0.2, 0.25) is 5.52 Å². The maximum Gasteiger partial charge on any atom is 0.417 e. The Morgan fingerprint density at radius 1 is 0.867 bits per heavy atom. The van der Waals surface area contributed by atoms with Crippen LogP contribution >= 0.6 is 7.14 Å². The molecule has 0 saturated carbocycles. The lowest BCUT2D eigenvalue weighted by molar-refractivity contribution is -0.144. The molecule has 0 aliphatic carbocycles. The van der Waals surface area contributed by atoms with Crippen LogP contribution in [0.2, 0.25) is 0 Å². The van der Waals surface area contributed by atoms with Crippen LogP contribution in [0.3, 0.4) is 0 Å². The second kappa shape index (κ2) is 8.63. The molecule has 0 aliphatic rings. The third-order valence-electron chi connectivity index (χ3n) is 4.25. The summed E-state index contributed by atoms with van der Waals surface area (Å²) in [6.07, 6.45) is -12.0. The Bertz CT molecular complexity index is 951. The quantitative estimate of drug-likeness (QED) is 0.347. The van der Waals surface area contributed by atoms with Gasteiger partial charge in [-0.15, -0.1) is 0 Å². The van der Waals surface area contributed by atoms with Gasteiger partial charge in [-0.25, -0.2) is 0 Å². The maximum atomic E-state index is 13.6. The molecular formula is C19H15F6O4P. The molecule has 0 bridgehead atoms. The van der Waals surface area contributed by atoms with Crippen molar-refractivity contribution in [1.29, 1.82) is 0 Å². The summed E-state index contributed by atoms with van der Waals surface area (Å²) in [5.41, 5.74) is -7.25. The third kappa shape index (κ3) is 4.92. The van der Waals surface area contributed by atoms with Crippen LogP contribution in [-0.4, -0.2) is 24.8 Å². The van der Waals surface area contributed by atoms with Gasteiger partial charge in [0.1, 0.15) is 0 Å². The van der Waals surface area contributed by atoms with Gasteiger partial charge in [-0.3, -0.25) is 9.59 Å². The lowest BCUT2D eigenvalue weighted by atomic mass is 10.0. The molecule has 0 spiro atoms. The first-order valence-electron chi connectivity index (χ1n) is 8.36. The number of hydrogen-bond acceptors (Lipinski definition) is 4. The summed E-state index contributed by atoms with van der Waals surface area (Å²) in [6, 6.07) is 7.57. The monoisotopic (exact) mass is 452 g/mol. The highest BCUT2D eigenvalue weighted by molar-refractivity contribution is 7.87. The summed E-state index contributed by atoms with van der Waals surface area (Å²) in [4.78, 5) is 24.6. The van der Waals surface area contributed by atoms with E-state index in [-0.39, 0.29) is 5.30 Å². The number of halogens is 6. The largest absolute Gasteiger partial charge is 0.469 e. The van der Waals surface area contributed by atoms with E-state index in [9.17, 15) is 40.5 Å². The lowest BCUT2D eigenvalue weighted by Gasteiger charge is -2.22. The summed E-state index contributed by atoms with van der Waals surface area (Å²) in [5.74, 6) is -0.917. The van der Waals surface area contributed by atoms with E-state index in [1.165, 1.54) is 18.2 Å². The van der Waals surface area contributed by atoms with Gasteiger partial charge < -0.3 is 9.30 Å². The Morgan fingerprint density at radius 2 is 1.37 bits per heavy atom. The zero-order chi connectivity index (χ0) is 22.7. The van der Waals surface area contributed by atoms with E-state index in [0.29, 0.717) is 18.2 Å². The zero-order valence-electron chi connectivity index (χ0n) is 15.4. The number of ether oxygens (including phenoxy) is 1. The molecule has 0 aromatic heterocycles. The molecule has 0 saturated heterocycles. The van der Waals surface area contributed by atoms with Crippen molar-refractivity contribution in [2.45, 2.75) is 18.8 Å². The van der Waals surface area contributed by atoms with Gasteiger partial charge >= 0.3 is 18.3 Å². The number of carbonyl (C=O) groups excluding carboxylic acids is 2. The van der Waals surface area contributed by atoms with Crippen molar-refractivity contribution >= 4 is 23.9 Å². The second-order valence-electron chi connectivity index (χ2n) is 6.15. The molecule has 0 radical (unpaired) electrons. The number of benzene rings is 2. The molecule has 2 aromatic rings. The first-order chi connectivity index (χ1) is 13.8. The van der Waals surface area contributed by atoms with Gasteiger partial charge in [0.05, 0.1) is 30.2 Å². The minimum absolute atomic E-state index is 0.260. The van der Waals surface area contributed by atoms with Crippen molar-refractivity contribution in [3.8, 4) is 0 Å². The topological polar surface area (TPSA) is 60.4 Å². The standard InChI is InChI=1S/C19H15F6O4P/c1-29-15(26)10-11-30(28,12-6-3-2-4-7-12)17(27)16-13(18(20,21)22)8-5-9-14(16)19(23,24)25/h2-9H,10-11H2,1H3. The predicted molar refractivity (Wildman–Crippen MR) is 96.0 cm³/mol. The SMILES string of the molecule is COC(=O)CCP(=O)(C(=O)c1c(C(F)(F)F)cccc1C(F)(F)F)c1ccccc1.